The summed E-state index contributed by atoms with van der Waals surface area (Å²) >= 11 is 6.23. The van der Waals surface area contributed by atoms with Crippen LogP contribution in [-0.2, 0) is 34.6 Å². The monoisotopic (exact) mass is 2030 g/mol. The first-order chi connectivity index (χ1) is 69.8. The van der Waals surface area contributed by atoms with Crippen molar-refractivity contribution >= 4 is 64.8 Å². The third-order valence-electron chi connectivity index (χ3n) is 26.1. The van der Waals surface area contributed by atoms with E-state index in [9.17, 15) is 86.5 Å². The van der Waals surface area contributed by atoms with Gasteiger partial charge in [-0.2, -0.15) is 36.2 Å². The molecule has 7 aliphatic heterocycles. The first-order valence-corrected chi connectivity index (χ1v) is 47.7. The molecule has 4 fully saturated rings. The number of carbonyl (C=O) groups is 5. The van der Waals surface area contributed by atoms with E-state index < -0.39 is 105 Å². The van der Waals surface area contributed by atoms with Crippen molar-refractivity contribution in [1.82, 2.24) is 69.6 Å². The number of rotatable bonds is 13. The van der Waals surface area contributed by atoms with E-state index in [0.29, 0.717) is 67.7 Å². The van der Waals surface area contributed by atoms with Crippen LogP contribution < -0.4 is 24.9 Å². The van der Waals surface area contributed by atoms with Crippen LogP contribution in [0.5, 0.6) is 0 Å². The molecule has 40 heteroatoms. The fraction of sp³-hybridized carbons (Fsp3) is 0.336. The Hall–Kier alpha value is -15.7. The molecule has 0 bridgehead atoms. The van der Waals surface area contributed by atoms with E-state index in [1.54, 1.807) is 89.0 Å². The van der Waals surface area contributed by atoms with Crippen LogP contribution in [0, 0.1) is 51.4 Å². The van der Waals surface area contributed by atoms with Crippen LogP contribution in [0.2, 0.25) is 5.02 Å². The first kappa shape index (κ1) is 104. The molecule has 14 heterocycles. The molecule has 0 aliphatic carbocycles. The van der Waals surface area contributed by atoms with Gasteiger partial charge in [-0.1, -0.05) is 121 Å². The Morgan fingerprint density at radius 1 is 0.442 bits per heavy atom. The second kappa shape index (κ2) is 41.8. The molecule has 20 rings (SSSR count). The summed E-state index contributed by atoms with van der Waals surface area (Å²) in [4.78, 5) is 86.2. The van der Waals surface area contributed by atoms with Crippen molar-refractivity contribution in [3.8, 4) is 63.4 Å². The maximum Gasteiger partial charge on any atom is 0.417 e. The van der Waals surface area contributed by atoms with Crippen LogP contribution in [0.25, 0.3) is 45.1 Å². The highest BCUT2D eigenvalue weighted by atomic mass is 35.5. The Labute approximate surface area is 846 Å². The van der Waals surface area contributed by atoms with Crippen LogP contribution in [0.15, 0.2) is 213 Å². The maximum atomic E-state index is 15.0. The predicted molar refractivity (Wildman–Crippen MR) is 530 cm³/mol. The number of piperidine rings is 4. The second-order valence-corrected chi connectivity index (χ2v) is 39.9. The van der Waals surface area contributed by atoms with Gasteiger partial charge in [0.1, 0.15) is 87.1 Å². The van der Waals surface area contributed by atoms with Crippen LogP contribution in [0.4, 0.5) is 63.6 Å². The van der Waals surface area contributed by atoms with Gasteiger partial charge in [-0.15, -0.1) is 0 Å². The van der Waals surface area contributed by atoms with Gasteiger partial charge in [0.05, 0.1) is 171 Å². The molecule has 5 amide bonds. The minimum atomic E-state index is -1.56. The summed E-state index contributed by atoms with van der Waals surface area (Å²) in [5.74, 6) is -1.02. The quantitative estimate of drug-likeness (QED) is 0.0461. The van der Waals surface area contributed by atoms with E-state index >= 15 is 4.39 Å². The molecule has 13 aromatic rings. The van der Waals surface area contributed by atoms with Crippen LogP contribution in [0.3, 0.4) is 0 Å². The number of carbonyl (C=O) groups excluding carboxylic acids is 5. The number of hydrogen-bond acceptors (Lipinski definition) is 25. The number of pyridine rings is 3. The van der Waals surface area contributed by atoms with Crippen LogP contribution >= 0.6 is 11.6 Å². The molecular formula is C107H105ClF7N21O11. The van der Waals surface area contributed by atoms with Gasteiger partial charge >= 0.3 is 12.2 Å². The van der Waals surface area contributed by atoms with E-state index in [2.05, 4.69) is 77.1 Å². The molecule has 760 valence electrons. The summed E-state index contributed by atoms with van der Waals surface area (Å²) in [6.07, 6.45) is 1.03. The van der Waals surface area contributed by atoms with E-state index in [0.717, 1.165) is 38.1 Å². The maximum absolute atomic E-state index is 15.0. The van der Waals surface area contributed by atoms with E-state index in [4.69, 9.17) is 26.2 Å². The summed E-state index contributed by atoms with van der Waals surface area (Å²) in [5.41, 5.74) is -2.18. The zero-order chi connectivity index (χ0) is 105. The highest BCUT2D eigenvalue weighted by molar-refractivity contribution is 6.35. The highest BCUT2D eigenvalue weighted by Crippen LogP contribution is 2.45. The van der Waals surface area contributed by atoms with Gasteiger partial charge in [0, 0.05) is 69.0 Å². The van der Waals surface area contributed by atoms with Crippen molar-refractivity contribution in [3.05, 3.63) is 302 Å². The topological polar surface area (TPSA) is 408 Å². The Morgan fingerprint density at radius 2 is 0.796 bits per heavy atom. The molecule has 8 atom stereocenters. The minimum absolute atomic E-state index is 0.00660. The third kappa shape index (κ3) is 21.8. The number of aromatic nitrogens is 11. The lowest BCUT2D eigenvalue weighted by Gasteiger charge is -2.39. The Morgan fingerprint density at radius 3 is 1.18 bits per heavy atom. The second-order valence-electron chi connectivity index (χ2n) is 39.5. The molecule has 147 heavy (non-hydrogen) atoms. The number of aliphatic hydroxyl groups is 4. The van der Waals surface area contributed by atoms with Crippen LogP contribution in [-0.4, -0.2) is 225 Å². The Balaban J connectivity index is 0.000000135. The number of halogens is 8. The molecule has 7 aliphatic rings. The van der Waals surface area contributed by atoms with Crippen molar-refractivity contribution in [2.75, 3.05) is 72.0 Å². The number of aromatic amines is 1. The number of H-pyrrole nitrogens is 1. The number of β-amino-alcohol motifs (C(OH)–C–C–N with tert-alkyl or cyclic N) is 4. The minimum Gasteiger partial charge on any atom is -0.443 e. The highest BCUT2D eigenvalue weighted by Gasteiger charge is 2.48. The van der Waals surface area contributed by atoms with Crippen LogP contribution in [0.1, 0.15) is 176 Å². The summed E-state index contributed by atoms with van der Waals surface area (Å²) in [6.45, 7) is 18.3. The summed E-state index contributed by atoms with van der Waals surface area (Å²) in [6, 6.07) is 60.7. The van der Waals surface area contributed by atoms with Crippen molar-refractivity contribution in [2.45, 2.75) is 178 Å². The number of alkyl halides is 4. The van der Waals surface area contributed by atoms with Gasteiger partial charge in [0.2, 0.25) is 0 Å². The zero-order valence-electron chi connectivity index (χ0n) is 81.8. The number of fused-ring (bicyclic) bond motifs is 3. The lowest BCUT2D eigenvalue weighted by atomic mass is 9.77. The summed E-state index contributed by atoms with van der Waals surface area (Å²) in [5, 5.41) is 92.9. The van der Waals surface area contributed by atoms with Gasteiger partial charge in [0.25, 0.3) is 17.7 Å². The van der Waals surface area contributed by atoms with Gasteiger partial charge in [-0.3, -0.25) is 24.2 Å². The van der Waals surface area contributed by atoms with Gasteiger partial charge in [0.15, 0.2) is 17.5 Å². The number of nitrogens with one attached hydrogen (secondary N) is 2. The largest absolute Gasteiger partial charge is 0.443 e. The molecule has 8 unspecified atom stereocenters. The predicted octanol–water partition coefficient (Wildman–Crippen LogP) is 16.7. The Kier molecular flexibility index (Phi) is 29.6. The number of anilines is 4. The average Bonchev–Trinajstić information content (AvgIpc) is 1.74. The van der Waals surface area contributed by atoms with Gasteiger partial charge in [-0.25, -0.2) is 74.4 Å². The SMILES string of the molecule is CC(C)(C)OC(=O)N1Cc2nc(-c3c(F)cccc3C#N)cc(-n3ccc(N4CCC(F)C(C)(O)C4)n3)c2C1=O.CC(C)(C)OC(=O)N1Cc2nc(-c3c(F)cccc3C#N)cc(Cl)c2C1=O.CC1(O)CN(c2ccn(-c3cc(-c4c(F)cccc4C#N)nc4c3C(=O)NC4)n2)CCC1F.CC1(O)CN(c2ccn(C(c3ccccc3)(c3ccccc3)c3ccccc3)n2)CCC1F.CC1(O)CN(c2ccn[nH]2)CCC1F. The number of benzene rings is 6. The van der Waals surface area contributed by atoms with Gasteiger partial charge in [-0.05, 0) is 166 Å². The fourth-order valence-corrected chi connectivity index (χ4v) is 19.0. The van der Waals surface area contributed by atoms with E-state index in [1.807, 2.05) is 106 Å². The summed E-state index contributed by atoms with van der Waals surface area (Å²) in [7, 11) is 0. The number of ether oxygens (including phenoxy) is 2. The van der Waals surface area contributed by atoms with Crippen molar-refractivity contribution in [3.63, 3.8) is 0 Å². The fourth-order valence-electron chi connectivity index (χ4n) is 18.7. The zero-order valence-corrected chi connectivity index (χ0v) is 82.5. The molecule has 32 nitrogen and oxygen atoms in total. The first-order valence-electron chi connectivity index (χ1n) is 47.3. The molecule has 4 saturated heterocycles. The number of nitriles is 3. The number of nitrogens with zero attached hydrogens (tertiary/aromatic N) is 19. The average molecular weight is 2030 g/mol. The molecule has 6 N–H and O–H groups in total. The molecule has 0 saturated carbocycles. The third-order valence-corrected chi connectivity index (χ3v) is 26.4. The van der Waals surface area contributed by atoms with Gasteiger partial charge < -0.3 is 54.8 Å². The van der Waals surface area contributed by atoms with Crippen molar-refractivity contribution in [2.24, 2.45) is 0 Å². The van der Waals surface area contributed by atoms with E-state index in [-0.39, 0.29) is 148 Å². The number of imide groups is 2. The normalized spacial score (nSPS) is 21.0. The number of amides is 5. The molecule has 0 radical (unpaired) electrons. The Bertz CT molecular complexity index is 7170. The van der Waals surface area contributed by atoms with Crippen molar-refractivity contribution in [1.29, 1.82) is 15.8 Å². The molecule has 0 spiro atoms. The standard InChI is InChI=1S/C28H28F2N6O4.C28H28FN3O.C23H20F2N6O2.C19H15ClFN3O3.C9H14FN3O/c1-27(2,3)40-26(38)35-14-19-24(25(35)37)20(12-18(32-19)23-16(13-31)6-5-7-17(23)29)36-11-9-22(33-36)34-10-8-21(30)28(4,39)15-34;1-27(33)21-31(19-17-25(27)29)26-18-20-32(30-26)28(22-11-5-2-6-12-22,23-13-7-3-8-14-23)24-15-9-4-10-16-24;1-23(33)12-30(7-5-18(23)25)19-6-8-31(29-19)17-9-15(28-16-11-27-22(32)21(16)17)20-13(10-26)3-2-4-14(20)24;1-19(2,3)27-18(26)24-9-14-16(17(24)25)11(20)7-13(23-14)15-10(8-22)5-4-6-12(15)21;1-9(14)6-13(5-3-7(9)10)8-2-4-11-12-8/h5-7,9,11-12,21,39H,8,10,14-15H2,1-4H3;2-16,18,20,25,33H,17,19,21H2,1H3;2-4,6,8-9,18,33H,5,7,11-12H2,1H3,(H,27,32);4-7H,9H2,1-3H3;2,4,7,14H,3,5-6H2,1H3,(H,11,12). The lowest BCUT2D eigenvalue weighted by Crippen LogP contribution is -2.53. The molecule has 7 aromatic heterocycles. The van der Waals surface area contributed by atoms with E-state index in [1.165, 1.54) is 103 Å². The molecular weight excluding hydrogens is 1920 g/mol. The smallest absolute Gasteiger partial charge is 0.417 e. The molecule has 6 aromatic carbocycles. The summed E-state index contributed by atoms with van der Waals surface area (Å²) < 4.78 is 115. The lowest BCUT2D eigenvalue weighted by molar-refractivity contribution is -0.0279. The van der Waals surface area contributed by atoms with Crippen molar-refractivity contribution < 1.29 is 84.6 Å². The number of hydrogen-bond donors (Lipinski definition) is 6.